The van der Waals surface area contributed by atoms with Gasteiger partial charge in [0, 0.05) is 0 Å². The number of β-lactam (4-membered cyclic amide) rings is 1. The molecule has 0 bridgehead atoms. The van der Waals surface area contributed by atoms with Crippen molar-refractivity contribution >= 4 is 35.9 Å². The number of methoxy groups -OCH3 is 1. The normalized spacial score (nSPS) is 18.6. The molecule has 1 saturated heterocycles. The molecule has 2 atom stereocenters. The summed E-state index contributed by atoms with van der Waals surface area (Å²) in [4.78, 5) is 65.7. The third-order valence-corrected chi connectivity index (χ3v) is 6.18. The predicted octanol–water partition coefficient (Wildman–Crippen LogP) is 3.56. The van der Waals surface area contributed by atoms with E-state index in [2.05, 4.69) is 4.74 Å². The fourth-order valence-electron chi connectivity index (χ4n) is 4.32. The SMILES string of the molecule is COC(=O)c1ccc(OC(=O)N2C(=O)[C@@H](N3C(=O)c4ccccc4C3=O)[C@H]2/C=C/c2ccccc2)cc1. The van der Waals surface area contributed by atoms with E-state index in [0.29, 0.717) is 0 Å². The van der Waals surface area contributed by atoms with Gasteiger partial charge < -0.3 is 9.47 Å². The van der Waals surface area contributed by atoms with Gasteiger partial charge in [-0.25, -0.2) is 14.5 Å². The van der Waals surface area contributed by atoms with Gasteiger partial charge >= 0.3 is 12.1 Å². The summed E-state index contributed by atoms with van der Waals surface area (Å²) in [6, 6.07) is 19.0. The number of rotatable bonds is 5. The largest absolute Gasteiger partial charge is 0.465 e. The van der Waals surface area contributed by atoms with Crippen LogP contribution in [-0.2, 0) is 9.53 Å². The Hall–Kier alpha value is -5.05. The number of benzene rings is 3. The van der Waals surface area contributed by atoms with Crippen molar-refractivity contribution in [2.45, 2.75) is 12.1 Å². The number of esters is 1. The first-order valence-electron chi connectivity index (χ1n) is 11.3. The molecule has 1 fully saturated rings. The van der Waals surface area contributed by atoms with Gasteiger partial charge in [0.25, 0.3) is 17.7 Å². The summed E-state index contributed by atoms with van der Waals surface area (Å²) in [5.74, 6) is -2.38. The molecule has 0 aliphatic carbocycles. The van der Waals surface area contributed by atoms with Gasteiger partial charge in [-0.2, -0.15) is 0 Å². The van der Waals surface area contributed by atoms with E-state index in [1.165, 1.54) is 43.5 Å². The van der Waals surface area contributed by atoms with E-state index in [9.17, 15) is 24.0 Å². The van der Waals surface area contributed by atoms with Crippen molar-refractivity contribution in [2.24, 2.45) is 0 Å². The highest BCUT2D eigenvalue weighted by Crippen LogP contribution is 2.34. The number of imide groups is 2. The lowest BCUT2D eigenvalue weighted by Gasteiger charge is -2.46. The summed E-state index contributed by atoms with van der Waals surface area (Å²) >= 11 is 0. The Balaban J connectivity index is 1.42. The maximum atomic E-state index is 13.2. The number of carbonyl (C=O) groups is 5. The molecule has 0 N–H and O–H groups in total. The maximum absolute atomic E-state index is 13.2. The van der Waals surface area contributed by atoms with Gasteiger partial charge in [0.05, 0.1) is 29.8 Å². The van der Waals surface area contributed by atoms with Crippen LogP contribution in [0.1, 0.15) is 36.6 Å². The molecular formula is C28H20N2O7. The van der Waals surface area contributed by atoms with Crippen LogP contribution in [0.15, 0.2) is 84.9 Å². The third-order valence-electron chi connectivity index (χ3n) is 6.18. The summed E-state index contributed by atoms with van der Waals surface area (Å²) < 4.78 is 10.0. The second-order valence-electron chi connectivity index (χ2n) is 8.32. The van der Waals surface area contributed by atoms with Crippen LogP contribution in [0.25, 0.3) is 6.08 Å². The predicted molar refractivity (Wildman–Crippen MR) is 131 cm³/mol. The van der Waals surface area contributed by atoms with Crippen LogP contribution in [-0.4, -0.2) is 58.8 Å². The number of carbonyl (C=O) groups excluding carboxylic acids is 5. The van der Waals surface area contributed by atoms with Gasteiger partial charge in [0.1, 0.15) is 11.8 Å². The number of hydrogen-bond acceptors (Lipinski definition) is 7. The first kappa shape index (κ1) is 23.7. The van der Waals surface area contributed by atoms with Crippen LogP contribution in [0.2, 0.25) is 0 Å². The number of fused-ring (bicyclic) bond motifs is 1. The zero-order chi connectivity index (χ0) is 26.1. The van der Waals surface area contributed by atoms with Crippen molar-refractivity contribution in [1.29, 1.82) is 0 Å². The van der Waals surface area contributed by atoms with E-state index >= 15 is 0 Å². The van der Waals surface area contributed by atoms with Gasteiger partial charge in [0.2, 0.25) is 0 Å². The molecule has 2 heterocycles. The molecule has 0 saturated carbocycles. The fraction of sp³-hybridized carbons (Fsp3) is 0.107. The topological polar surface area (TPSA) is 110 Å². The van der Waals surface area contributed by atoms with Crippen LogP contribution < -0.4 is 4.74 Å². The Labute approximate surface area is 211 Å². The molecule has 184 valence electrons. The van der Waals surface area contributed by atoms with Crippen LogP contribution in [0.3, 0.4) is 0 Å². The zero-order valence-corrected chi connectivity index (χ0v) is 19.6. The van der Waals surface area contributed by atoms with Crippen molar-refractivity contribution in [3.05, 3.63) is 107 Å². The second kappa shape index (κ2) is 9.54. The van der Waals surface area contributed by atoms with Crippen LogP contribution in [0.4, 0.5) is 4.79 Å². The minimum absolute atomic E-state index is 0.0976. The summed E-state index contributed by atoms with van der Waals surface area (Å²) in [5, 5.41) is 0. The molecule has 9 nitrogen and oxygen atoms in total. The summed E-state index contributed by atoms with van der Waals surface area (Å²) in [5.41, 5.74) is 1.47. The Kier molecular flexibility index (Phi) is 6.10. The second-order valence-corrected chi connectivity index (χ2v) is 8.32. The number of ether oxygens (including phenoxy) is 2. The van der Waals surface area contributed by atoms with Crippen LogP contribution in [0, 0.1) is 0 Å². The first-order chi connectivity index (χ1) is 17.9. The number of hydrogen-bond donors (Lipinski definition) is 0. The van der Waals surface area contributed by atoms with E-state index in [0.717, 1.165) is 15.4 Å². The highest BCUT2D eigenvalue weighted by Gasteiger charge is 2.58. The molecule has 0 aromatic heterocycles. The monoisotopic (exact) mass is 496 g/mol. The fourth-order valence-corrected chi connectivity index (χ4v) is 4.32. The lowest BCUT2D eigenvalue weighted by Crippen LogP contribution is -2.72. The average molecular weight is 496 g/mol. The molecule has 4 amide bonds. The number of likely N-dealkylation sites (tertiary alicyclic amines) is 1. The molecule has 3 aromatic carbocycles. The van der Waals surface area contributed by atoms with E-state index in [1.54, 1.807) is 24.3 Å². The summed E-state index contributed by atoms with van der Waals surface area (Å²) in [7, 11) is 1.25. The van der Waals surface area contributed by atoms with Crippen LogP contribution in [0.5, 0.6) is 5.75 Å². The molecule has 0 radical (unpaired) electrons. The van der Waals surface area contributed by atoms with Gasteiger partial charge in [-0.3, -0.25) is 19.3 Å². The van der Waals surface area contributed by atoms with E-state index in [1.807, 2.05) is 30.3 Å². The highest BCUT2D eigenvalue weighted by molar-refractivity contribution is 6.24. The average Bonchev–Trinajstić information content (AvgIpc) is 3.16. The van der Waals surface area contributed by atoms with Gasteiger partial charge in [-0.15, -0.1) is 0 Å². The maximum Gasteiger partial charge on any atom is 0.422 e. The molecule has 37 heavy (non-hydrogen) atoms. The summed E-state index contributed by atoms with van der Waals surface area (Å²) in [6.07, 6.45) is 2.31. The first-order valence-corrected chi connectivity index (χ1v) is 11.3. The van der Waals surface area contributed by atoms with E-state index in [4.69, 9.17) is 4.74 Å². The smallest absolute Gasteiger partial charge is 0.422 e. The highest BCUT2D eigenvalue weighted by atomic mass is 16.6. The van der Waals surface area contributed by atoms with Crippen molar-refractivity contribution in [1.82, 2.24) is 9.80 Å². The van der Waals surface area contributed by atoms with Crippen molar-refractivity contribution < 1.29 is 33.4 Å². The van der Waals surface area contributed by atoms with Crippen LogP contribution >= 0.6 is 0 Å². The number of amides is 4. The zero-order valence-electron chi connectivity index (χ0n) is 19.6. The van der Waals surface area contributed by atoms with E-state index in [-0.39, 0.29) is 22.4 Å². The minimum atomic E-state index is -1.21. The van der Waals surface area contributed by atoms with Gasteiger partial charge in [0.15, 0.2) is 0 Å². The lowest BCUT2D eigenvalue weighted by molar-refractivity contribution is -0.147. The molecule has 2 aliphatic rings. The quantitative estimate of drug-likeness (QED) is 0.302. The van der Waals surface area contributed by atoms with Crippen molar-refractivity contribution in [3.8, 4) is 5.75 Å². The Morgan fingerprint density at radius 2 is 1.41 bits per heavy atom. The molecule has 5 rings (SSSR count). The van der Waals surface area contributed by atoms with E-state index < -0.39 is 41.9 Å². The molecule has 9 heteroatoms. The third kappa shape index (κ3) is 4.16. The molecule has 0 unspecified atom stereocenters. The molecular weight excluding hydrogens is 476 g/mol. The minimum Gasteiger partial charge on any atom is -0.465 e. The molecule has 0 spiro atoms. The molecule has 2 aliphatic heterocycles. The summed E-state index contributed by atoms with van der Waals surface area (Å²) in [6.45, 7) is 0. The number of nitrogens with zero attached hydrogens (tertiary/aromatic N) is 2. The van der Waals surface area contributed by atoms with Gasteiger partial charge in [-0.05, 0) is 42.0 Å². The Morgan fingerprint density at radius 3 is 2.00 bits per heavy atom. The van der Waals surface area contributed by atoms with Crippen molar-refractivity contribution in [2.75, 3.05) is 7.11 Å². The van der Waals surface area contributed by atoms with Gasteiger partial charge in [-0.1, -0.05) is 54.6 Å². The van der Waals surface area contributed by atoms with Crippen molar-refractivity contribution in [3.63, 3.8) is 0 Å². The Bertz CT molecular complexity index is 1410. The Morgan fingerprint density at radius 1 is 0.811 bits per heavy atom. The standard InChI is InChI=1S/C28H20N2O7/c1-36-27(34)18-12-14-19(15-13-18)37-28(35)29-22(16-11-17-7-3-2-4-8-17)23(26(29)33)30-24(31)20-9-5-6-10-21(20)25(30)32/h2-16,22-23H,1H3/b16-11+/t22-,23+/m1/s1. The lowest BCUT2D eigenvalue weighted by atomic mass is 9.92. The molecule has 3 aromatic rings.